The van der Waals surface area contributed by atoms with Crippen LogP contribution in [0.15, 0.2) is 108 Å². The van der Waals surface area contributed by atoms with Crippen molar-refractivity contribution in [1.82, 2.24) is 10.2 Å². The third kappa shape index (κ3) is 8.81. The minimum Gasteiger partial charge on any atom is -0.494 e. The van der Waals surface area contributed by atoms with Gasteiger partial charge in [-0.3, -0.25) is 13.9 Å². The normalized spacial score (nSPS) is 12.0. The molecule has 0 fully saturated rings. The van der Waals surface area contributed by atoms with E-state index in [1.165, 1.54) is 17.0 Å². The lowest BCUT2D eigenvalue weighted by molar-refractivity contribution is -0.140. The molecule has 0 aromatic heterocycles. The van der Waals surface area contributed by atoms with Gasteiger partial charge in [-0.1, -0.05) is 77.8 Å². The van der Waals surface area contributed by atoms with Gasteiger partial charge in [0.25, 0.3) is 10.0 Å². The fourth-order valence-corrected chi connectivity index (χ4v) is 6.86. The van der Waals surface area contributed by atoms with Gasteiger partial charge in [0.2, 0.25) is 11.8 Å². The minimum absolute atomic E-state index is 0.00997. The van der Waals surface area contributed by atoms with Crippen molar-refractivity contribution < 1.29 is 22.7 Å². The SMILES string of the molecule is CCOc1ccc(N(CC(=O)N(Cc2c(Cl)cccc2Cl)C(Cc2ccccc2)C(=O)NC(C)C)S(=O)(=O)c2ccccc2)cc1. The van der Waals surface area contributed by atoms with Gasteiger partial charge in [0.15, 0.2) is 0 Å². The van der Waals surface area contributed by atoms with Crippen molar-refractivity contribution in [3.63, 3.8) is 0 Å². The second-order valence-electron chi connectivity index (χ2n) is 10.8. The first-order valence-corrected chi connectivity index (χ1v) is 17.1. The molecule has 2 amide bonds. The molecule has 11 heteroatoms. The molecule has 0 heterocycles. The molecule has 0 radical (unpaired) electrons. The molecule has 0 saturated heterocycles. The van der Waals surface area contributed by atoms with Crippen molar-refractivity contribution in [3.8, 4) is 5.75 Å². The zero-order valence-electron chi connectivity index (χ0n) is 25.9. The number of ether oxygens (including phenoxy) is 1. The summed E-state index contributed by atoms with van der Waals surface area (Å²) in [4.78, 5) is 29.7. The Hall–Kier alpha value is -4.05. The number of rotatable bonds is 14. The molecule has 0 aliphatic heterocycles. The summed E-state index contributed by atoms with van der Waals surface area (Å²) in [6.45, 7) is 5.20. The van der Waals surface area contributed by atoms with Crippen molar-refractivity contribution in [2.24, 2.45) is 0 Å². The molecule has 242 valence electrons. The molecule has 46 heavy (non-hydrogen) atoms. The first kappa shape index (κ1) is 34.8. The third-order valence-corrected chi connectivity index (χ3v) is 9.63. The molecule has 4 aromatic carbocycles. The van der Waals surface area contributed by atoms with Crippen molar-refractivity contribution in [2.45, 2.75) is 50.7 Å². The number of carbonyl (C=O) groups excluding carboxylic acids is 2. The molecule has 0 aliphatic carbocycles. The maximum Gasteiger partial charge on any atom is 0.264 e. The van der Waals surface area contributed by atoms with Crippen LogP contribution in [-0.2, 0) is 32.6 Å². The van der Waals surface area contributed by atoms with E-state index in [1.807, 2.05) is 51.1 Å². The highest BCUT2D eigenvalue weighted by Gasteiger charge is 2.35. The Labute approximate surface area is 280 Å². The lowest BCUT2D eigenvalue weighted by Crippen LogP contribution is -2.54. The Bertz CT molecular complexity index is 1700. The number of hydrogen-bond donors (Lipinski definition) is 1. The van der Waals surface area contributed by atoms with Crippen LogP contribution in [0.25, 0.3) is 0 Å². The zero-order chi connectivity index (χ0) is 33.3. The number of amides is 2. The molecular formula is C35H37Cl2N3O5S. The molecule has 4 aromatic rings. The Balaban J connectivity index is 1.83. The predicted octanol–water partition coefficient (Wildman–Crippen LogP) is 6.75. The van der Waals surface area contributed by atoms with E-state index in [0.717, 1.165) is 9.87 Å². The summed E-state index contributed by atoms with van der Waals surface area (Å²) in [5.41, 5.74) is 1.51. The second kappa shape index (κ2) is 16.0. The van der Waals surface area contributed by atoms with E-state index >= 15 is 0 Å². The summed E-state index contributed by atoms with van der Waals surface area (Å²) < 4.78 is 34.8. The van der Waals surface area contributed by atoms with Crippen molar-refractivity contribution >= 4 is 50.7 Å². The standard InChI is InChI=1S/C35H37Cl2N3O5S/c1-4-45-28-20-18-27(19-21-28)40(46(43,44)29-14-9-6-10-15-29)24-34(41)39(23-30-31(36)16-11-17-32(30)37)33(35(42)38-25(2)3)22-26-12-7-5-8-13-26/h5-21,25,33H,4,22-24H2,1-3H3,(H,38,42). The Morgan fingerprint density at radius 3 is 1.98 bits per heavy atom. The first-order valence-electron chi connectivity index (χ1n) is 14.9. The predicted molar refractivity (Wildman–Crippen MR) is 183 cm³/mol. The van der Waals surface area contributed by atoms with Gasteiger partial charge in [0, 0.05) is 34.6 Å². The molecule has 0 aliphatic rings. The van der Waals surface area contributed by atoms with Crippen LogP contribution in [0.4, 0.5) is 5.69 Å². The van der Waals surface area contributed by atoms with Gasteiger partial charge in [0.1, 0.15) is 18.3 Å². The van der Waals surface area contributed by atoms with Gasteiger partial charge in [0.05, 0.1) is 17.2 Å². The van der Waals surface area contributed by atoms with Gasteiger partial charge >= 0.3 is 0 Å². The Morgan fingerprint density at radius 2 is 1.41 bits per heavy atom. The second-order valence-corrected chi connectivity index (χ2v) is 13.5. The lowest BCUT2D eigenvalue weighted by atomic mass is 10.0. The summed E-state index contributed by atoms with van der Waals surface area (Å²) in [7, 11) is -4.23. The molecule has 1 atom stereocenters. The van der Waals surface area contributed by atoms with E-state index in [9.17, 15) is 18.0 Å². The fraction of sp³-hybridized carbons (Fsp3) is 0.257. The largest absolute Gasteiger partial charge is 0.494 e. The quantitative estimate of drug-likeness (QED) is 0.159. The Kier molecular flexibility index (Phi) is 12.1. The number of nitrogens with one attached hydrogen (secondary N) is 1. The van der Waals surface area contributed by atoms with Crippen LogP contribution in [-0.4, -0.2) is 50.4 Å². The molecule has 4 rings (SSSR count). The number of benzene rings is 4. The van der Waals surface area contributed by atoms with E-state index in [4.69, 9.17) is 27.9 Å². The van der Waals surface area contributed by atoms with Crippen LogP contribution in [0.2, 0.25) is 10.0 Å². The molecular weight excluding hydrogens is 645 g/mol. The molecule has 1 N–H and O–H groups in total. The van der Waals surface area contributed by atoms with Crippen molar-refractivity contribution in [1.29, 1.82) is 0 Å². The van der Waals surface area contributed by atoms with Gasteiger partial charge in [-0.2, -0.15) is 0 Å². The topological polar surface area (TPSA) is 96.0 Å². The third-order valence-electron chi connectivity index (χ3n) is 7.14. The number of sulfonamides is 1. The lowest BCUT2D eigenvalue weighted by Gasteiger charge is -2.34. The summed E-state index contributed by atoms with van der Waals surface area (Å²) in [5.74, 6) is -0.462. The molecule has 0 spiro atoms. The van der Waals surface area contributed by atoms with Crippen molar-refractivity contribution in [3.05, 3.63) is 124 Å². The number of halogens is 2. The van der Waals surface area contributed by atoms with Gasteiger partial charge in [-0.05, 0) is 74.9 Å². The van der Waals surface area contributed by atoms with Crippen LogP contribution in [0.5, 0.6) is 5.75 Å². The van der Waals surface area contributed by atoms with Crippen LogP contribution < -0.4 is 14.4 Å². The highest BCUT2D eigenvalue weighted by molar-refractivity contribution is 7.92. The van der Waals surface area contributed by atoms with Crippen LogP contribution >= 0.6 is 23.2 Å². The van der Waals surface area contributed by atoms with Crippen molar-refractivity contribution in [2.75, 3.05) is 17.5 Å². The summed E-state index contributed by atoms with van der Waals surface area (Å²) in [5, 5.41) is 3.55. The minimum atomic E-state index is -4.23. The average molecular weight is 683 g/mol. The van der Waals surface area contributed by atoms with E-state index in [-0.39, 0.29) is 29.6 Å². The zero-order valence-corrected chi connectivity index (χ0v) is 28.2. The first-order chi connectivity index (χ1) is 22.0. The number of nitrogens with zero attached hydrogens (tertiary/aromatic N) is 2. The Morgan fingerprint density at radius 1 is 0.826 bits per heavy atom. The average Bonchev–Trinajstić information content (AvgIpc) is 3.04. The fourth-order valence-electron chi connectivity index (χ4n) is 4.91. The highest BCUT2D eigenvalue weighted by Crippen LogP contribution is 2.29. The van der Waals surface area contributed by atoms with E-state index < -0.39 is 34.4 Å². The number of hydrogen-bond acceptors (Lipinski definition) is 5. The van der Waals surface area contributed by atoms with E-state index in [1.54, 1.807) is 60.7 Å². The highest BCUT2D eigenvalue weighted by atomic mass is 35.5. The summed E-state index contributed by atoms with van der Waals surface area (Å²) >= 11 is 13.1. The van der Waals surface area contributed by atoms with E-state index in [2.05, 4.69) is 5.32 Å². The maximum atomic E-state index is 14.6. The van der Waals surface area contributed by atoms with Crippen LogP contribution in [0, 0.1) is 0 Å². The number of anilines is 1. The monoisotopic (exact) mass is 681 g/mol. The van der Waals surface area contributed by atoms with Gasteiger partial charge in [-0.15, -0.1) is 0 Å². The molecule has 0 saturated carbocycles. The van der Waals surface area contributed by atoms with Gasteiger partial charge < -0.3 is 15.0 Å². The summed E-state index contributed by atoms with van der Waals surface area (Å²) in [6.07, 6.45) is 0.168. The molecule has 1 unspecified atom stereocenters. The summed E-state index contributed by atoms with van der Waals surface area (Å²) in [6, 6.07) is 27.4. The van der Waals surface area contributed by atoms with Crippen LogP contribution in [0.3, 0.4) is 0 Å². The molecule has 0 bridgehead atoms. The smallest absolute Gasteiger partial charge is 0.264 e. The molecule has 8 nitrogen and oxygen atoms in total. The van der Waals surface area contributed by atoms with E-state index in [0.29, 0.717) is 28.0 Å². The van der Waals surface area contributed by atoms with Crippen LogP contribution in [0.1, 0.15) is 31.9 Å². The number of carbonyl (C=O) groups is 2. The van der Waals surface area contributed by atoms with Gasteiger partial charge in [-0.25, -0.2) is 8.42 Å². The maximum absolute atomic E-state index is 14.6.